The Morgan fingerprint density at radius 1 is 1.00 bits per heavy atom. The van der Waals surface area contributed by atoms with Gasteiger partial charge in [0, 0.05) is 51.3 Å². The first-order chi connectivity index (χ1) is 17.2. The number of rotatable bonds is 7. The maximum Gasteiger partial charge on any atom is 0.389 e. The molecule has 0 amide bonds. The first-order valence-electron chi connectivity index (χ1n) is 12.6. The van der Waals surface area contributed by atoms with Crippen molar-refractivity contribution in [1.29, 1.82) is 0 Å². The molecule has 0 bridgehead atoms. The van der Waals surface area contributed by atoms with Gasteiger partial charge in [0.1, 0.15) is 11.4 Å². The number of halogens is 3. The van der Waals surface area contributed by atoms with Crippen LogP contribution in [0.3, 0.4) is 0 Å². The number of ether oxygens (including phenoxy) is 3. The zero-order valence-corrected chi connectivity index (χ0v) is 21.2. The minimum Gasteiger partial charge on any atom is -0.497 e. The van der Waals surface area contributed by atoms with Gasteiger partial charge in [-0.25, -0.2) is 0 Å². The van der Waals surface area contributed by atoms with Gasteiger partial charge in [0.15, 0.2) is 6.29 Å². The number of alkyl halides is 3. The van der Waals surface area contributed by atoms with Crippen molar-refractivity contribution in [2.75, 3.05) is 39.3 Å². The average molecular weight is 508 g/mol. The lowest BCUT2D eigenvalue weighted by molar-refractivity contribution is -0.162. The lowest BCUT2D eigenvalue weighted by Gasteiger charge is -2.38. The fourth-order valence-corrected chi connectivity index (χ4v) is 6.00. The summed E-state index contributed by atoms with van der Waals surface area (Å²) in [4.78, 5) is 2.26. The van der Waals surface area contributed by atoms with Crippen LogP contribution in [-0.4, -0.2) is 52.0 Å². The molecule has 1 aliphatic carbocycles. The Labute approximate surface area is 211 Å². The number of aliphatic hydroxyl groups is 1. The van der Waals surface area contributed by atoms with E-state index in [1.807, 2.05) is 18.2 Å². The minimum atomic E-state index is -4.37. The summed E-state index contributed by atoms with van der Waals surface area (Å²) in [5.41, 5.74) is 1.10. The number of hydrogen-bond donors (Lipinski definition) is 1. The molecule has 36 heavy (non-hydrogen) atoms. The first kappa shape index (κ1) is 26.8. The Hall–Kier alpha value is -2.29. The SMILES string of the molecule is COc1ccc2c(c1)CCCC(CC(F)(F)F)C2(O)c1ccc(N2CCC(C(OC)OC)CC2)cc1. The van der Waals surface area contributed by atoms with E-state index in [2.05, 4.69) is 4.90 Å². The number of hydrogen-bond acceptors (Lipinski definition) is 5. The summed E-state index contributed by atoms with van der Waals surface area (Å²) < 4.78 is 57.0. The van der Waals surface area contributed by atoms with E-state index in [4.69, 9.17) is 14.2 Å². The molecule has 1 aliphatic heterocycles. The highest BCUT2D eigenvalue weighted by Gasteiger charge is 2.47. The zero-order chi connectivity index (χ0) is 25.9. The Bertz CT molecular complexity index is 1000. The van der Waals surface area contributed by atoms with Gasteiger partial charge in [-0.05, 0) is 73.1 Å². The normalized spacial score (nSPS) is 23.4. The van der Waals surface area contributed by atoms with Crippen LogP contribution in [0.1, 0.15) is 48.8 Å². The van der Waals surface area contributed by atoms with Crippen LogP contribution in [0.5, 0.6) is 5.75 Å². The second-order valence-electron chi connectivity index (χ2n) is 9.91. The summed E-state index contributed by atoms with van der Waals surface area (Å²) in [7, 11) is 4.86. The molecular weight excluding hydrogens is 471 g/mol. The van der Waals surface area contributed by atoms with Gasteiger partial charge in [0.2, 0.25) is 0 Å². The van der Waals surface area contributed by atoms with E-state index in [1.165, 1.54) is 0 Å². The number of nitrogens with zero attached hydrogens (tertiary/aromatic N) is 1. The smallest absolute Gasteiger partial charge is 0.389 e. The maximum absolute atomic E-state index is 13.6. The molecule has 4 rings (SSSR count). The minimum absolute atomic E-state index is 0.219. The number of aryl methyl sites for hydroxylation is 1. The van der Waals surface area contributed by atoms with Crippen molar-refractivity contribution in [1.82, 2.24) is 0 Å². The lowest BCUT2D eigenvalue weighted by atomic mass is 9.73. The molecule has 1 heterocycles. The molecule has 5 nitrogen and oxygen atoms in total. The van der Waals surface area contributed by atoms with Crippen LogP contribution in [0.15, 0.2) is 42.5 Å². The number of methoxy groups -OCH3 is 3. The Kier molecular flexibility index (Phi) is 8.17. The van der Waals surface area contributed by atoms with Crippen LogP contribution in [0, 0.1) is 11.8 Å². The summed E-state index contributed by atoms with van der Waals surface area (Å²) in [6.45, 7) is 1.66. The van der Waals surface area contributed by atoms with E-state index in [1.54, 1.807) is 45.6 Å². The highest BCUT2D eigenvalue weighted by Crippen LogP contribution is 2.48. The molecule has 198 valence electrons. The van der Waals surface area contributed by atoms with E-state index >= 15 is 0 Å². The fourth-order valence-electron chi connectivity index (χ4n) is 6.00. The van der Waals surface area contributed by atoms with Crippen molar-refractivity contribution in [2.24, 2.45) is 11.8 Å². The van der Waals surface area contributed by atoms with E-state index in [0.29, 0.717) is 35.6 Å². The van der Waals surface area contributed by atoms with Gasteiger partial charge in [-0.2, -0.15) is 13.2 Å². The predicted molar refractivity (Wildman–Crippen MR) is 132 cm³/mol. The number of benzene rings is 2. The second-order valence-corrected chi connectivity index (χ2v) is 9.91. The Balaban J connectivity index is 1.63. The molecular formula is C28H36F3NO4. The Morgan fingerprint density at radius 2 is 1.67 bits per heavy atom. The average Bonchev–Trinajstić information content (AvgIpc) is 3.01. The van der Waals surface area contributed by atoms with E-state index in [9.17, 15) is 18.3 Å². The van der Waals surface area contributed by atoms with Crippen molar-refractivity contribution in [3.63, 3.8) is 0 Å². The standard InChI is InChI=1S/C28H36F3NO4/c1-34-24-11-12-25-20(17-24)5-4-6-22(18-27(29,30)31)28(25,33)21-7-9-23(10-8-21)32-15-13-19(14-16-32)26(35-2)36-3/h7-12,17,19,22,26,33H,4-6,13-16,18H2,1-3H3. The van der Waals surface area contributed by atoms with Gasteiger partial charge in [-0.3, -0.25) is 0 Å². The van der Waals surface area contributed by atoms with Crippen LogP contribution >= 0.6 is 0 Å². The summed E-state index contributed by atoms with van der Waals surface area (Å²) in [5, 5.41) is 12.1. The molecule has 1 N–H and O–H groups in total. The molecule has 1 fully saturated rings. The number of anilines is 1. The fraction of sp³-hybridized carbons (Fsp3) is 0.571. The predicted octanol–water partition coefficient (Wildman–Crippen LogP) is 5.67. The summed E-state index contributed by atoms with van der Waals surface area (Å²) in [5.74, 6) is -0.0269. The first-order valence-corrected chi connectivity index (χ1v) is 12.6. The van der Waals surface area contributed by atoms with E-state index in [0.717, 1.165) is 37.2 Å². The third kappa shape index (κ3) is 5.50. The third-order valence-corrected chi connectivity index (χ3v) is 7.85. The molecule has 0 spiro atoms. The molecule has 0 radical (unpaired) electrons. The molecule has 2 aromatic carbocycles. The monoisotopic (exact) mass is 507 g/mol. The largest absolute Gasteiger partial charge is 0.497 e. The van der Waals surface area contributed by atoms with Crippen molar-refractivity contribution in [2.45, 2.75) is 56.6 Å². The topological polar surface area (TPSA) is 51.2 Å². The zero-order valence-electron chi connectivity index (χ0n) is 21.2. The molecule has 2 atom stereocenters. The number of fused-ring (bicyclic) bond motifs is 1. The summed E-state index contributed by atoms with van der Waals surface area (Å²) >= 11 is 0. The van der Waals surface area contributed by atoms with Gasteiger partial charge >= 0.3 is 6.18 Å². The molecule has 0 saturated carbocycles. The van der Waals surface area contributed by atoms with Crippen molar-refractivity contribution < 1.29 is 32.5 Å². The quantitative estimate of drug-likeness (QED) is 0.387. The van der Waals surface area contributed by atoms with Crippen LogP contribution in [0.25, 0.3) is 0 Å². The molecule has 1 saturated heterocycles. The van der Waals surface area contributed by atoms with Crippen LogP contribution in [0.4, 0.5) is 18.9 Å². The third-order valence-electron chi connectivity index (χ3n) is 7.85. The van der Waals surface area contributed by atoms with E-state index in [-0.39, 0.29) is 12.7 Å². The van der Waals surface area contributed by atoms with Crippen LogP contribution < -0.4 is 9.64 Å². The lowest BCUT2D eigenvalue weighted by Crippen LogP contribution is -2.40. The van der Waals surface area contributed by atoms with Crippen LogP contribution in [-0.2, 0) is 21.5 Å². The summed E-state index contributed by atoms with van der Waals surface area (Å²) in [6.07, 6.45) is -2.35. The van der Waals surface area contributed by atoms with E-state index < -0.39 is 24.1 Å². The highest BCUT2D eigenvalue weighted by molar-refractivity contribution is 5.52. The second kappa shape index (κ2) is 11.0. The molecule has 2 aromatic rings. The van der Waals surface area contributed by atoms with Crippen LogP contribution in [0.2, 0.25) is 0 Å². The van der Waals surface area contributed by atoms with Gasteiger partial charge < -0.3 is 24.2 Å². The number of piperidine rings is 1. The van der Waals surface area contributed by atoms with Gasteiger partial charge in [-0.1, -0.05) is 18.2 Å². The van der Waals surface area contributed by atoms with Gasteiger partial charge in [0.25, 0.3) is 0 Å². The molecule has 0 aromatic heterocycles. The molecule has 2 aliphatic rings. The molecule has 2 unspecified atom stereocenters. The summed E-state index contributed by atoms with van der Waals surface area (Å²) in [6, 6.07) is 12.7. The maximum atomic E-state index is 13.6. The van der Waals surface area contributed by atoms with Crippen molar-refractivity contribution in [3.8, 4) is 5.75 Å². The van der Waals surface area contributed by atoms with Crippen molar-refractivity contribution in [3.05, 3.63) is 59.2 Å². The molecule has 8 heteroatoms. The van der Waals surface area contributed by atoms with Gasteiger partial charge in [0.05, 0.1) is 7.11 Å². The van der Waals surface area contributed by atoms with Gasteiger partial charge in [-0.15, -0.1) is 0 Å². The Morgan fingerprint density at radius 3 is 2.25 bits per heavy atom. The van der Waals surface area contributed by atoms with Crippen molar-refractivity contribution >= 4 is 5.69 Å². The highest BCUT2D eigenvalue weighted by atomic mass is 19.4.